The fourth-order valence-corrected chi connectivity index (χ4v) is 2.19. The lowest BCUT2D eigenvalue weighted by molar-refractivity contribution is -0.133. The number of aryl methyl sites for hydroxylation is 2. The van der Waals surface area contributed by atoms with Gasteiger partial charge in [-0.05, 0) is 44.7 Å². The van der Waals surface area contributed by atoms with E-state index in [9.17, 15) is 4.79 Å². The zero-order valence-corrected chi connectivity index (χ0v) is 12.2. The zero-order chi connectivity index (χ0) is 14.3. The third kappa shape index (κ3) is 5.03. The Labute approximate surface area is 116 Å². The standard InChI is InChI=1S/C16H25NO2/c1-13(2)17(11-6-12-18)16(19)10-9-15-8-5-4-7-14(15)3/h4-5,7-8,13,18H,6,9-12H2,1-3H3. The van der Waals surface area contributed by atoms with Crippen LogP contribution in [0.2, 0.25) is 0 Å². The smallest absolute Gasteiger partial charge is 0.223 e. The number of amides is 1. The fourth-order valence-electron chi connectivity index (χ4n) is 2.19. The number of aliphatic hydroxyl groups is 1. The highest BCUT2D eigenvalue weighted by atomic mass is 16.3. The molecule has 0 radical (unpaired) electrons. The summed E-state index contributed by atoms with van der Waals surface area (Å²) in [6.45, 7) is 6.88. The van der Waals surface area contributed by atoms with Crippen molar-refractivity contribution in [2.24, 2.45) is 0 Å². The molecule has 106 valence electrons. The number of carbonyl (C=O) groups excluding carboxylic acids is 1. The van der Waals surface area contributed by atoms with Crippen molar-refractivity contribution >= 4 is 5.91 Å². The molecule has 0 atom stereocenters. The maximum absolute atomic E-state index is 12.2. The highest BCUT2D eigenvalue weighted by Gasteiger charge is 2.16. The van der Waals surface area contributed by atoms with Crippen molar-refractivity contribution in [3.63, 3.8) is 0 Å². The molecule has 1 aromatic rings. The maximum Gasteiger partial charge on any atom is 0.223 e. The van der Waals surface area contributed by atoms with E-state index in [1.807, 2.05) is 30.9 Å². The lowest BCUT2D eigenvalue weighted by atomic mass is 10.0. The van der Waals surface area contributed by atoms with Gasteiger partial charge in [-0.25, -0.2) is 0 Å². The lowest BCUT2D eigenvalue weighted by Gasteiger charge is -2.26. The molecule has 3 nitrogen and oxygen atoms in total. The van der Waals surface area contributed by atoms with Crippen LogP contribution in [0, 0.1) is 6.92 Å². The molecule has 3 heteroatoms. The second-order valence-corrected chi connectivity index (χ2v) is 5.18. The van der Waals surface area contributed by atoms with Gasteiger partial charge < -0.3 is 10.0 Å². The van der Waals surface area contributed by atoms with Crippen molar-refractivity contribution in [3.05, 3.63) is 35.4 Å². The second-order valence-electron chi connectivity index (χ2n) is 5.18. The van der Waals surface area contributed by atoms with Gasteiger partial charge in [-0.2, -0.15) is 0 Å². The Hall–Kier alpha value is -1.35. The normalized spacial score (nSPS) is 10.8. The summed E-state index contributed by atoms with van der Waals surface area (Å²) in [6.07, 6.45) is 1.97. The molecular weight excluding hydrogens is 238 g/mol. The summed E-state index contributed by atoms with van der Waals surface area (Å²) in [6, 6.07) is 8.37. The van der Waals surface area contributed by atoms with E-state index in [0.717, 1.165) is 6.42 Å². The first-order valence-corrected chi connectivity index (χ1v) is 7.01. The minimum atomic E-state index is 0.133. The van der Waals surface area contributed by atoms with Crippen molar-refractivity contribution in [2.45, 2.75) is 46.1 Å². The van der Waals surface area contributed by atoms with Crippen LogP contribution in [0.4, 0.5) is 0 Å². The van der Waals surface area contributed by atoms with Crippen LogP contribution in [-0.2, 0) is 11.2 Å². The highest BCUT2D eigenvalue weighted by molar-refractivity contribution is 5.76. The van der Waals surface area contributed by atoms with E-state index in [1.165, 1.54) is 11.1 Å². The number of hydrogen-bond donors (Lipinski definition) is 1. The maximum atomic E-state index is 12.2. The number of rotatable bonds is 7. The van der Waals surface area contributed by atoms with Gasteiger partial charge >= 0.3 is 0 Å². The Morgan fingerprint density at radius 1 is 1.32 bits per heavy atom. The summed E-state index contributed by atoms with van der Waals surface area (Å²) in [5.74, 6) is 0.173. The van der Waals surface area contributed by atoms with Gasteiger partial charge in [-0.1, -0.05) is 24.3 Å². The molecule has 0 aliphatic carbocycles. The van der Waals surface area contributed by atoms with Crippen LogP contribution in [0.25, 0.3) is 0 Å². The first-order chi connectivity index (χ1) is 9.06. The monoisotopic (exact) mass is 263 g/mol. The van der Waals surface area contributed by atoms with Gasteiger partial charge in [0, 0.05) is 25.6 Å². The molecule has 0 fully saturated rings. The fraction of sp³-hybridized carbons (Fsp3) is 0.562. The van der Waals surface area contributed by atoms with Crippen LogP contribution in [0.5, 0.6) is 0 Å². The van der Waals surface area contributed by atoms with E-state index in [2.05, 4.69) is 19.1 Å². The molecule has 0 bridgehead atoms. The molecule has 0 aliphatic heterocycles. The molecule has 1 amide bonds. The van der Waals surface area contributed by atoms with Crippen LogP contribution in [0.1, 0.15) is 37.8 Å². The Bertz CT molecular complexity index is 401. The van der Waals surface area contributed by atoms with Gasteiger partial charge in [0.15, 0.2) is 0 Å². The minimum Gasteiger partial charge on any atom is -0.396 e. The number of hydrogen-bond acceptors (Lipinski definition) is 2. The van der Waals surface area contributed by atoms with Crippen LogP contribution >= 0.6 is 0 Å². The zero-order valence-electron chi connectivity index (χ0n) is 12.2. The molecule has 0 saturated heterocycles. The van der Waals surface area contributed by atoms with E-state index in [0.29, 0.717) is 19.4 Å². The van der Waals surface area contributed by atoms with Gasteiger partial charge in [-0.3, -0.25) is 4.79 Å². The van der Waals surface area contributed by atoms with Gasteiger partial charge in [0.2, 0.25) is 5.91 Å². The quantitative estimate of drug-likeness (QED) is 0.821. The van der Waals surface area contributed by atoms with Crippen molar-refractivity contribution in [1.29, 1.82) is 0 Å². The topological polar surface area (TPSA) is 40.5 Å². The first kappa shape index (κ1) is 15.7. The highest BCUT2D eigenvalue weighted by Crippen LogP contribution is 2.11. The molecule has 1 N–H and O–H groups in total. The van der Waals surface area contributed by atoms with Crippen molar-refractivity contribution in [3.8, 4) is 0 Å². The average molecular weight is 263 g/mol. The first-order valence-electron chi connectivity index (χ1n) is 7.01. The molecule has 0 unspecified atom stereocenters. The van der Waals surface area contributed by atoms with E-state index >= 15 is 0 Å². The largest absolute Gasteiger partial charge is 0.396 e. The summed E-state index contributed by atoms with van der Waals surface area (Å²) >= 11 is 0. The summed E-state index contributed by atoms with van der Waals surface area (Å²) < 4.78 is 0. The molecule has 0 saturated carbocycles. The number of benzene rings is 1. The number of nitrogens with zero attached hydrogens (tertiary/aromatic N) is 1. The molecule has 1 aromatic carbocycles. The predicted molar refractivity (Wildman–Crippen MR) is 78.1 cm³/mol. The van der Waals surface area contributed by atoms with Gasteiger partial charge in [-0.15, -0.1) is 0 Å². The number of carbonyl (C=O) groups is 1. The van der Waals surface area contributed by atoms with Gasteiger partial charge in [0.05, 0.1) is 0 Å². The van der Waals surface area contributed by atoms with E-state index in [1.54, 1.807) is 0 Å². The lowest BCUT2D eigenvalue weighted by Crippen LogP contribution is -2.38. The van der Waals surface area contributed by atoms with Crippen molar-refractivity contribution in [2.75, 3.05) is 13.2 Å². The van der Waals surface area contributed by atoms with E-state index in [4.69, 9.17) is 5.11 Å². The molecular formula is C16H25NO2. The van der Waals surface area contributed by atoms with E-state index < -0.39 is 0 Å². The van der Waals surface area contributed by atoms with Gasteiger partial charge in [0.1, 0.15) is 0 Å². The van der Waals surface area contributed by atoms with E-state index in [-0.39, 0.29) is 18.6 Å². The Balaban J connectivity index is 2.55. The molecule has 0 spiro atoms. The third-order valence-electron chi connectivity index (χ3n) is 3.37. The van der Waals surface area contributed by atoms with Crippen molar-refractivity contribution < 1.29 is 9.90 Å². The number of aliphatic hydroxyl groups excluding tert-OH is 1. The summed E-state index contributed by atoms with van der Waals surface area (Å²) in [5, 5.41) is 8.89. The second kappa shape index (κ2) is 7.95. The predicted octanol–water partition coefficient (Wildman–Crippen LogP) is 2.55. The van der Waals surface area contributed by atoms with Crippen LogP contribution < -0.4 is 0 Å². The van der Waals surface area contributed by atoms with Crippen LogP contribution in [0.15, 0.2) is 24.3 Å². The minimum absolute atomic E-state index is 0.133. The SMILES string of the molecule is Cc1ccccc1CCC(=O)N(CCCO)C(C)C. The third-order valence-corrected chi connectivity index (χ3v) is 3.37. The molecule has 0 aromatic heterocycles. The summed E-state index contributed by atoms with van der Waals surface area (Å²) in [4.78, 5) is 14.1. The van der Waals surface area contributed by atoms with Gasteiger partial charge in [0.25, 0.3) is 0 Å². The molecule has 1 rings (SSSR count). The summed E-state index contributed by atoms with van der Waals surface area (Å²) in [5.41, 5.74) is 2.48. The molecule has 19 heavy (non-hydrogen) atoms. The van der Waals surface area contributed by atoms with Crippen LogP contribution in [0.3, 0.4) is 0 Å². The molecule has 0 aliphatic rings. The molecule has 0 heterocycles. The Morgan fingerprint density at radius 3 is 2.58 bits per heavy atom. The Kier molecular flexibility index (Phi) is 6.57. The van der Waals surface area contributed by atoms with Crippen molar-refractivity contribution in [1.82, 2.24) is 4.90 Å². The summed E-state index contributed by atoms with van der Waals surface area (Å²) in [7, 11) is 0. The average Bonchev–Trinajstić information content (AvgIpc) is 2.38. The Morgan fingerprint density at radius 2 is 2.00 bits per heavy atom. The van der Waals surface area contributed by atoms with Crippen LogP contribution in [-0.4, -0.2) is 35.1 Å².